The van der Waals surface area contributed by atoms with Gasteiger partial charge in [-0.25, -0.2) is 9.31 Å². The molecule has 11 nitrogen and oxygen atoms in total. The standard InChI is InChI=1S/C13H16N8O3/c1-19(2)7-8-23-9-3-5-20-12(16-9)10(11(14)17-20)13(22)24-21-6-4-15-18-21/h3-6H,7-8H2,1-2H3,(H2,14,17). The maximum Gasteiger partial charge on any atom is 0.373 e. The summed E-state index contributed by atoms with van der Waals surface area (Å²) < 4.78 is 6.94. The topological polar surface area (TPSA) is 126 Å². The van der Waals surface area contributed by atoms with Gasteiger partial charge < -0.3 is 20.2 Å². The number of hydrogen-bond acceptors (Lipinski definition) is 9. The Bertz CT molecular complexity index is 842. The molecule has 0 unspecified atom stereocenters. The number of nitrogens with two attached hydrogens (primary N) is 1. The van der Waals surface area contributed by atoms with Gasteiger partial charge in [-0.05, 0) is 19.3 Å². The quantitative estimate of drug-likeness (QED) is 0.572. The molecule has 0 aliphatic carbocycles. The first-order valence-electron chi connectivity index (χ1n) is 7.06. The smallest absolute Gasteiger partial charge is 0.373 e. The number of nitrogens with zero attached hydrogens (tertiary/aromatic N) is 7. The molecule has 0 spiro atoms. The lowest BCUT2D eigenvalue weighted by Gasteiger charge is -2.10. The molecule has 3 aromatic rings. The molecule has 0 atom stereocenters. The number of nitrogen functional groups attached to an aromatic ring is 1. The van der Waals surface area contributed by atoms with Crippen molar-refractivity contribution in [2.75, 3.05) is 33.0 Å². The van der Waals surface area contributed by atoms with Gasteiger partial charge in [0.25, 0.3) is 0 Å². The van der Waals surface area contributed by atoms with E-state index >= 15 is 0 Å². The Morgan fingerprint density at radius 2 is 2.21 bits per heavy atom. The van der Waals surface area contributed by atoms with Crippen LogP contribution in [0.25, 0.3) is 5.65 Å². The number of ether oxygens (including phenoxy) is 1. The third-order valence-corrected chi connectivity index (χ3v) is 3.06. The molecular formula is C13H16N8O3. The molecule has 11 heteroatoms. The number of aromatic nitrogens is 6. The van der Waals surface area contributed by atoms with Gasteiger partial charge in [0.2, 0.25) is 5.88 Å². The Morgan fingerprint density at radius 1 is 1.38 bits per heavy atom. The number of carbonyl (C=O) groups is 1. The van der Waals surface area contributed by atoms with Crippen LogP contribution >= 0.6 is 0 Å². The summed E-state index contributed by atoms with van der Waals surface area (Å²) >= 11 is 0. The van der Waals surface area contributed by atoms with E-state index in [4.69, 9.17) is 15.3 Å². The number of carbonyl (C=O) groups excluding carboxylic acids is 1. The zero-order valence-electron chi connectivity index (χ0n) is 13.2. The predicted octanol–water partition coefficient (Wildman–Crippen LogP) is -0.888. The Kier molecular flexibility index (Phi) is 4.24. The first-order valence-corrected chi connectivity index (χ1v) is 7.06. The summed E-state index contributed by atoms with van der Waals surface area (Å²) in [5.41, 5.74) is 6.07. The molecule has 0 aliphatic heterocycles. The van der Waals surface area contributed by atoms with Gasteiger partial charge in [-0.15, -0.1) is 10.2 Å². The van der Waals surface area contributed by atoms with Gasteiger partial charge in [0.15, 0.2) is 17.0 Å². The summed E-state index contributed by atoms with van der Waals surface area (Å²) in [4.78, 5) is 24.5. The van der Waals surface area contributed by atoms with Gasteiger partial charge >= 0.3 is 5.97 Å². The van der Waals surface area contributed by atoms with Crippen molar-refractivity contribution in [2.45, 2.75) is 0 Å². The van der Waals surface area contributed by atoms with Gasteiger partial charge in [-0.2, -0.15) is 4.98 Å². The average molecular weight is 332 g/mol. The van der Waals surface area contributed by atoms with Crippen LogP contribution in [0.15, 0.2) is 24.7 Å². The summed E-state index contributed by atoms with van der Waals surface area (Å²) in [5, 5.41) is 11.1. The number of hydrogen-bond donors (Lipinski definition) is 1. The van der Waals surface area contributed by atoms with E-state index in [1.54, 1.807) is 12.3 Å². The van der Waals surface area contributed by atoms with E-state index in [-0.39, 0.29) is 17.0 Å². The minimum absolute atomic E-state index is 0.00180. The summed E-state index contributed by atoms with van der Waals surface area (Å²) in [5.74, 6) is -0.386. The van der Waals surface area contributed by atoms with Crippen LogP contribution in [0.2, 0.25) is 0 Å². The molecule has 3 rings (SSSR count). The first kappa shape index (κ1) is 15.7. The van der Waals surface area contributed by atoms with Crippen LogP contribution < -0.4 is 15.3 Å². The fraction of sp³-hybridized carbons (Fsp3) is 0.308. The van der Waals surface area contributed by atoms with Crippen molar-refractivity contribution in [2.24, 2.45) is 0 Å². The van der Waals surface area contributed by atoms with Crippen LogP contribution in [0.4, 0.5) is 5.82 Å². The minimum atomic E-state index is -0.744. The van der Waals surface area contributed by atoms with Gasteiger partial charge in [-0.3, -0.25) is 0 Å². The second kappa shape index (κ2) is 6.50. The molecule has 0 amide bonds. The maximum absolute atomic E-state index is 12.3. The molecule has 126 valence electrons. The number of anilines is 1. The van der Waals surface area contributed by atoms with Crippen molar-refractivity contribution < 1.29 is 14.4 Å². The lowest BCUT2D eigenvalue weighted by atomic mass is 10.3. The van der Waals surface area contributed by atoms with Crippen molar-refractivity contribution in [1.29, 1.82) is 0 Å². The highest BCUT2D eigenvalue weighted by Crippen LogP contribution is 2.19. The highest BCUT2D eigenvalue weighted by atomic mass is 16.7. The summed E-state index contributed by atoms with van der Waals surface area (Å²) in [6.07, 6.45) is 4.36. The van der Waals surface area contributed by atoms with Crippen molar-refractivity contribution in [3.05, 3.63) is 30.2 Å². The lowest BCUT2D eigenvalue weighted by molar-refractivity contribution is 0.0387. The van der Waals surface area contributed by atoms with Gasteiger partial charge in [0, 0.05) is 18.8 Å². The molecule has 24 heavy (non-hydrogen) atoms. The highest BCUT2D eigenvalue weighted by Gasteiger charge is 2.22. The second-order valence-electron chi connectivity index (χ2n) is 5.13. The van der Waals surface area contributed by atoms with Crippen molar-refractivity contribution in [1.82, 2.24) is 34.7 Å². The van der Waals surface area contributed by atoms with E-state index in [0.29, 0.717) is 12.5 Å². The second-order valence-corrected chi connectivity index (χ2v) is 5.13. The fourth-order valence-electron chi connectivity index (χ4n) is 1.92. The Hall–Kier alpha value is -3.21. The van der Waals surface area contributed by atoms with Crippen LogP contribution in [0.5, 0.6) is 5.88 Å². The van der Waals surface area contributed by atoms with E-state index in [2.05, 4.69) is 20.4 Å². The Labute approximate surface area is 136 Å². The normalized spacial score (nSPS) is 11.1. The van der Waals surface area contributed by atoms with Crippen molar-refractivity contribution in [3.63, 3.8) is 0 Å². The van der Waals surface area contributed by atoms with Crippen LogP contribution in [-0.2, 0) is 0 Å². The van der Waals surface area contributed by atoms with Crippen molar-refractivity contribution in [3.8, 4) is 5.88 Å². The third kappa shape index (κ3) is 3.25. The Morgan fingerprint density at radius 3 is 2.92 bits per heavy atom. The SMILES string of the molecule is CN(C)CCOc1ccn2nc(N)c(C(=O)On3ccnn3)c2n1. The molecule has 0 aliphatic rings. The third-order valence-electron chi connectivity index (χ3n) is 3.06. The molecule has 0 fully saturated rings. The predicted molar refractivity (Wildman–Crippen MR) is 82.4 cm³/mol. The van der Waals surface area contributed by atoms with E-state index < -0.39 is 5.97 Å². The van der Waals surface area contributed by atoms with Crippen LogP contribution in [0.1, 0.15) is 10.4 Å². The van der Waals surface area contributed by atoms with Crippen LogP contribution in [0, 0.1) is 0 Å². The fourth-order valence-corrected chi connectivity index (χ4v) is 1.92. The molecule has 3 heterocycles. The zero-order chi connectivity index (χ0) is 17.1. The van der Waals surface area contributed by atoms with Crippen LogP contribution in [0.3, 0.4) is 0 Å². The van der Waals surface area contributed by atoms with Gasteiger partial charge in [0.1, 0.15) is 6.61 Å². The summed E-state index contributed by atoms with van der Waals surface area (Å²) in [7, 11) is 3.88. The molecule has 0 radical (unpaired) electrons. The Balaban J connectivity index is 1.86. The van der Waals surface area contributed by atoms with E-state index in [1.165, 1.54) is 16.9 Å². The largest absolute Gasteiger partial charge is 0.476 e. The summed E-state index contributed by atoms with van der Waals surface area (Å²) in [6.45, 7) is 1.19. The summed E-state index contributed by atoms with van der Waals surface area (Å²) in [6, 6.07) is 1.64. The minimum Gasteiger partial charge on any atom is -0.476 e. The first-order chi connectivity index (χ1) is 11.5. The maximum atomic E-state index is 12.3. The number of rotatable bonds is 6. The molecule has 0 saturated heterocycles. The van der Waals surface area contributed by atoms with Gasteiger partial charge in [0.05, 0.1) is 12.4 Å². The zero-order valence-corrected chi connectivity index (χ0v) is 13.2. The van der Waals surface area contributed by atoms with E-state index in [1.807, 2.05) is 19.0 Å². The average Bonchev–Trinajstić information content (AvgIpc) is 3.13. The monoisotopic (exact) mass is 332 g/mol. The molecular weight excluding hydrogens is 316 g/mol. The van der Waals surface area contributed by atoms with E-state index in [9.17, 15) is 4.79 Å². The lowest BCUT2D eigenvalue weighted by Crippen LogP contribution is -2.21. The van der Waals surface area contributed by atoms with E-state index in [0.717, 1.165) is 11.4 Å². The molecule has 3 aromatic heterocycles. The number of likely N-dealkylation sites (N-methyl/N-ethyl adjacent to an activating group) is 1. The molecule has 0 saturated carbocycles. The molecule has 0 aromatic carbocycles. The molecule has 0 bridgehead atoms. The van der Waals surface area contributed by atoms with Crippen LogP contribution in [-0.4, -0.2) is 67.9 Å². The highest BCUT2D eigenvalue weighted by molar-refractivity contribution is 6.00. The van der Waals surface area contributed by atoms with Crippen molar-refractivity contribution >= 4 is 17.4 Å². The molecule has 2 N–H and O–H groups in total. The van der Waals surface area contributed by atoms with Gasteiger partial charge in [-0.1, -0.05) is 4.85 Å². The number of fused-ring (bicyclic) bond motifs is 1.